The Morgan fingerprint density at radius 3 is 2.30 bits per heavy atom. The fourth-order valence-electron chi connectivity index (χ4n) is 0.260. The Morgan fingerprint density at radius 1 is 1.80 bits per heavy atom. The average Bonchev–Trinajstić information content (AvgIpc) is 1.64. The van der Waals surface area contributed by atoms with E-state index in [4.69, 9.17) is 11.6 Å². The second kappa shape index (κ2) is 5.38. The van der Waals surface area contributed by atoms with Gasteiger partial charge in [-0.25, -0.2) is 0 Å². The number of carbonyl (C=O) groups is 1. The van der Waals surface area contributed by atoms with E-state index in [-0.39, 0.29) is 36.2 Å². The van der Waals surface area contributed by atoms with Gasteiger partial charge in [-0.1, -0.05) is 6.92 Å². The molecule has 10 heavy (non-hydrogen) atoms. The third-order valence-corrected chi connectivity index (χ3v) is 0.794. The van der Waals surface area contributed by atoms with Gasteiger partial charge in [-0.15, -0.1) is 11.6 Å². The van der Waals surface area contributed by atoms with Gasteiger partial charge in [-0.3, -0.25) is 4.79 Å². The minimum atomic E-state index is -2.13. The predicted octanol–water partition coefficient (Wildman–Crippen LogP) is -3.13. The first-order chi connectivity index (χ1) is 3.98. The molecular formula is C5H8ClNaO3. The molecule has 0 saturated heterocycles. The molecule has 0 bridgehead atoms. The Bertz CT molecular complexity index is 110. The van der Waals surface area contributed by atoms with E-state index in [0.29, 0.717) is 0 Å². The Kier molecular flexibility index (Phi) is 7.17. The molecule has 0 saturated carbocycles. The van der Waals surface area contributed by atoms with Gasteiger partial charge in [0.05, 0.1) is 11.7 Å². The number of halogens is 1. The normalized spacial score (nSPS) is 14.8. The minimum absolute atomic E-state index is 0. The second-order valence-corrected chi connectivity index (χ2v) is 2.36. The van der Waals surface area contributed by atoms with Crippen LogP contribution in [0.1, 0.15) is 13.8 Å². The van der Waals surface area contributed by atoms with Crippen molar-refractivity contribution in [2.75, 3.05) is 6.61 Å². The maximum absolute atomic E-state index is 10.5. The van der Waals surface area contributed by atoms with E-state index in [1.807, 2.05) is 0 Å². The van der Waals surface area contributed by atoms with Gasteiger partial charge in [0.15, 0.2) is 0 Å². The quantitative estimate of drug-likeness (QED) is 0.253. The number of hydrogen-bond acceptors (Lipinski definition) is 3. The molecule has 3 nitrogen and oxygen atoms in total. The van der Waals surface area contributed by atoms with Crippen molar-refractivity contribution in [2.24, 2.45) is 0 Å². The van der Waals surface area contributed by atoms with Crippen LogP contribution in [-0.4, -0.2) is 17.6 Å². The molecule has 0 amide bonds. The molecule has 54 valence electrons. The fraction of sp³-hybridized carbons (Fsp3) is 0.800. The molecular weight excluding hydrogens is 166 g/mol. The van der Waals surface area contributed by atoms with Gasteiger partial charge in [0.2, 0.25) is 0 Å². The molecule has 0 aliphatic rings. The van der Waals surface area contributed by atoms with E-state index < -0.39 is 11.0 Å². The molecule has 0 spiro atoms. The average molecular weight is 175 g/mol. The number of alkyl halides is 1. The van der Waals surface area contributed by atoms with Crippen LogP contribution in [0.15, 0.2) is 0 Å². The standard InChI is InChI=1S/C5H8ClO3.Na/c1-3-9-4(7)5(2,6)8;/h3H2,1-2H3;/q-1;+1. The largest absolute Gasteiger partial charge is 1.00 e. The topological polar surface area (TPSA) is 49.4 Å². The monoisotopic (exact) mass is 174 g/mol. The zero-order chi connectivity index (χ0) is 7.49. The van der Waals surface area contributed by atoms with Gasteiger partial charge in [-0.2, -0.15) is 0 Å². The molecule has 0 rings (SSSR count). The number of ether oxygens (including phenoxy) is 1. The summed E-state index contributed by atoms with van der Waals surface area (Å²) in [6.07, 6.45) is 0. The summed E-state index contributed by atoms with van der Waals surface area (Å²) in [5, 5.41) is 8.36. The van der Waals surface area contributed by atoms with Crippen molar-refractivity contribution < 1.29 is 44.2 Å². The Balaban J connectivity index is 0. The number of carbonyl (C=O) groups excluding carboxylic acids is 1. The molecule has 1 unspecified atom stereocenters. The molecule has 0 aliphatic carbocycles. The molecule has 1 atom stereocenters. The zero-order valence-electron chi connectivity index (χ0n) is 6.31. The van der Waals surface area contributed by atoms with Crippen LogP contribution >= 0.6 is 11.6 Å². The van der Waals surface area contributed by atoms with Crippen molar-refractivity contribution in [3.05, 3.63) is 0 Å². The van der Waals surface area contributed by atoms with Crippen LogP contribution in [0.25, 0.3) is 0 Å². The summed E-state index contributed by atoms with van der Waals surface area (Å²) in [4.78, 5) is 10.4. The maximum atomic E-state index is 10.5. The van der Waals surface area contributed by atoms with Gasteiger partial charge in [0, 0.05) is 0 Å². The van der Waals surface area contributed by atoms with Crippen LogP contribution < -0.4 is 34.7 Å². The van der Waals surface area contributed by atoms with E-state index in [0.717, 1.165) is 6.92 Å². The summed E-state index contributed by atoms with van der Waals surface area (Å²) in [6.45, 7) is 2.84. The van der Waals surface area contributed by atoms with Crippen LogP contribution in [0.4, 0.5) is 0 Å². The van der Waals surface area contributed by atoms with E-state index >= 15 is 0 Å². The summed E-state index contributed by atoms with van der Waals surface area (Å²) < 4.78 is 4.32. The Morgan fingerprint density at radius 2 is 2.20 bits per heavy atom. The first kappa shape index (κ1) is 13.3. The van der Waals surface area contributed by atoms with Crippen LogP contribution in [-0.2, 0) is 9.53 Å². The molecule has 0 aromatic rings. The maximum Gasteiger partial charge on any atom is 1.00 e. The third kappa shape index (κ3) is 5.50. The first-order valence-electron chi connectivity index (χ1n) is 2.55. The van der Waals surface area contributed by atoms with Crippen LogP contribution in [0.3, 0.4) is 0 Å². The smallest absolute Gasteiger partial charge is 0.829 e. The zero-order valence-corrected chi connectivity index (χ0v) is 9.07. The van der Waals surface area contributed by atoms with Crippen molar-refractivity contribution >= 4 is 17.6 Å². The molecule has 0 heterocycles. The van der Waals surface area contributed by atoms with Crippen LogP contribution in [0.5, 0.6) is 0 Å². The van der Waals surface area contributed by atoms with Gasteiger partial charge in [0.1, 0.15) is 0 Å². The molecule has 0 aromatic carbocycles. The molecule has 0 aliphatic heterocycles. The van der Waals surface area contributed by atoms with Crippen molar-refractivity contribution in [2.45, 2.75) is 18.9 Å². The SMILES string of the molecule is CCOC(=O)C(C)([O-])Cl.[Na+]. The van der Waals surface area contributed by atoms with Gasteiger partial charge >= 0.3 is 35.5 Å². The fourth-order valence-corrected chi connectivity index (χ4v) is 0.315. The molecule has 0 N–H and O–H groups in total. The van der Waals surface area contributed by atoms with Crippen LogP contribution in [0, 0.1) is 0 Å². The molecule has 0 aromatic heterocycles. The van der Waals surface area contributed by atoms with E-state index in [1.165, 1.54) is 0 Å². The van der Waals surface area contributed by atoms with Crippen molar-refractivity contribution in [1.29, 1.82) is 0 Å². The summed E-state index contributed by atoms with van der Waals surface area (Å²) in [5.74, 6) is -0.924. The van der Waals surface area contributed by atoms with Gasteiger partial charge < -0.3 is 9.84 Å². The van der Waals surface area contributed by atoms with Crippen molar-refractivity contribution in [3.63, 3.8) is 0 Å². The molecule has 0 fully saturated rings. The third-order valence-electron chi connectivity index (χ3n) is 0.640. The van der Waals surface area contributed by atoms with Crippen molar-refractivity contribution in [3.8, 4) is 0 Å². The number of esters is 1. The Labute approximate surface area is 87.0 Å². The van der Waals surface area contributed by atoms with Gasteiger partial charge in [-0.05, 0) is 6.92 Å². The van der Waals surface area contributed by atoms with E-state index in [2.05, 4.69) is 4.74 Å². The summed E-state index contributed by atoms with van der Waals surface area (Å²) in [5.41, 5.74) is 0. The Hall–Kier alpha value is 0.720. The minimum Gasteiger partial charge on any atom is -0.829 e. The summed E-state index contributed by atoms with van der Waals surface area (Å²) in [7, 11) is 0. The van der Waals surface area contributed by atoms with E-state index in [9.17, 15) is 9.90 Å². The second-order valence-electron chi connectivity index (χ2n) is 1.64. The van der Waals surface area contributed by atoms with Gasteiger partial charge in [0.25, 0.3) is 0 Å². The summed E-state index contributed by atoms with van der Waals surface area (Å²) in [6, 6.07) is 0. The molecule has 5 heteroatoms. The van der Waals surface area contributed by atoms with Crippen LogP contribution in [0.2, 0.25) is 0 Å². The predicted molar refractivity (Wildman–Crippen MR) is 30.9 cm³/mol. The number of rotatable bonds is 2. The number of hydrogen-bond donors (Lipinski definition) is 0. The first-order valence-corrected chi connectivity index (χ1v) is 2.93. The summed E-state index contributed by atoms with van der Waals surface area (Å²) >= 11 is 5.03. The van der Waals surface area contributed by atoms with E-state index in [1.54, 1.807) is 6.92 Å². The van der Waals surface area contributed by atoms with Crippen molar-refractivity contribution in [1.82, 2.24) is 0 Å². The molecule has 0 radical (unpaired) electrons.